The molecule has 1 aromatic heterocycles. The van der Waals surface area contributed by atoms with E-state index >= 15 is 0 Å². The summed E-state index contributed by atoms with van der Waals surface area (Å²) in [5, 5.41) is 3.88. The first kappa shape index (κ1) is 24.8. The van der Waals surface area contributed by atoms with Crippen molar-refractivity contribution in [3.8, 4) is 0 Å². The van der Waals surface area contributed by atoms with E-state index in [1.165, 1.54) is 23.5 Å². The van der Waals surface area contributed by atoms with Crippen LogP contribution in [0, 0.1) is 18.7 Å². The van der Waals surface area contributed by atoms with Crippen LogP contribution in [0.2, 0.25) is 0 Å². The summed E-state index contributed by atoms with van der Waals surface area (Å²) in [5.41, 5.74) is 7.05. The number of thiazole rings is 1. The van der Waals surface area contributed by atoms with Gasteiger partial charge in [-0.1, -0.05) is 26.0 Å². The second-order valence-corrected chi connectivity index (χ2v) is 7.64. The van der Waals surface area contributed by atoms with Gasteiger partial charge >= 0.3 is 0 Å². The van der Waals surface area contributed by atoms with Crippen LogP contribution < -0.4 is 11.1 Å². The number of rotatable bonds is 6. The average Bonchev–Trinajstić information content (AvgIpc) is 2.90. The van der Waals surface area contributed by atoms with Crippen molar-refractivity contribution < 1.29 is 9.18 Å². The maximum atomic E-state index is 13.0. The van der Waals surface area contributed by atoms with Gasteiger partial charge in [0.05, 0.1) is 16.2 Å². The summed E-state index contributed by atoms with van der Waals surface area (Å²) in [6, 6.07) is 6.32. The molecule has 26 heavy (non-hydrogen) atoms. The monoisotopic (exact) mass is 421 g/mol. The predicted octanol–water partition coefficient (Wildman–Crippen LogP) is 4.13. The minimum atomic E-state index is -0.454. The molecule has 1 atom stereocenters. The molecule has 0 aliphatic heterocycles. The van der Waals surface area contributed by atoms with E-state index in [4.69, 9.17) is 5.73 Å². The number of nitrogens with one attached hydrogen (secondary N) is 1. The van der Waals surface area contributed by atoms with E-state index in [1.54, 1.807) is 12.1 Å². The smallest absolute Gasteiger partial charge is 0.263 e. The van der Waals surface area contributed by atoms with Crippen molar-refractivity contribution in [2.75, 3.05) is 6.54 Å². The molecule has 0 bridgehead atoms. The van der Waals surface area contributed by atoms with Crippen LogP contribution in [-0.4, -0.2) is 23.0 Å². The molecular formula is C18H26Cl2FN3OS. The normalized spacial score (nSPS) is 12.7. The van der Waals surface area contributed by atoms with Gasteiger partial charge in [0.15, 0.2) is 0 Å². The zero-order chi connectivity index (χ0) is 17.9. The minimum Gasteiger partial charge on any atom is -0.345 e. The first-order valence-electron chi connectivity index (χ1n) is 7.98. The summed E-state index contributed by atoms with van der Waals surface area (Å²) >= 11 is 1.37. The van der Waals surface area contributed by atoms with E-state index in [0.717, 1.165) is 10.6 Å². The molecule has 4 nitrogen and oxygen atoms in total. The van der Waals surface area contributed by atoms with E-state index < -0.39 is 5.54 Å². The number of nitrogens with two attached hydrogens (primary N) is 1. The molecule has 1 unspecified atom stereocenters. The Kier molecular flexibility index (Phi) is 9.73. The van der Waals surface area contributed by atoms with Crippen LogP contribution in [0.4, 0.5) is 4.39 Å². The van der Waals surface area contributed by atoms with Crippen LogP contribution in [0.15, 0.2) is 24.3 Å². The Hall–Kier alpha value is -1.21. The molecular weight excluding hydrogens is 396 g/mol. The van der Waals surface area contributed by atoms with Gasteiger partial charge in [0.25, 0.3) is 5.91 Å². The third kappa shape index (κ3) is 5.91. The quantitative estimate of drug-likeness (QED) is 0.736. The van der Waals surface area contributed by atoms with Crippen molar-refractivity contribution in [1.29, 1.82) is 0 Å². The molecule has 0 aliphatic carbocycles. The predicted molar refractivity (Wildman–Crippen MR) is 110 cm³/mol. The second kappa shape index (κ2) is 10.2. The zero-order valence-corrected chi connectivity index (χ0v) is 17.8. The molecule has 146 valence electrons. The first-order valence-corrected chi connectivity index (χ1v) is 8.80. The molecule has 0 saturated carbocycles. The Morgan fingerprint density at radius 1 is 1.31 bits per heavy atom. The van der Waals surface area contributed by atoms with Crippen LogP contribution in [0.1, 0.15) is 46.7 Å². The van der Waals surface area contributed by atoms with Gasteiger partial charge in [0.2, 0.25) is 0 Å². The molecule has 0 saturated heterocycles. The topological polar surface area (TPSA) is 68.0 Å². The maximum Gasteiger partial charge on any atom is 0.263 e. The zero-order valence-electron chi connectivity index (χ0n) is 15.3. The largest absolute Gasteiger partial charge is 0.345 e. The lowest BCUT2D eigenvalue weighted by Gasteiger charge is -2.33. The highest BCUT2D eigenvalue weighted by Crippen LogP contribution is 2.23. The molecule has 2 rings (SSSR count). The summed E-state index contributed by atoms with van der Waals surface area (Å²) in [6.45, 7) is 8.22. The summed E-state index contributed by atoms with van der Waals surface area (Å²) in [7, 11) is 0. The number of aryl methyl sites for hydroxylation is 1. The number of halogens is 3. The molecule has 0 fully saturated rings. The third-order valence-corrected chi connectivity index (χ3v) is 5.57. The first-order chi connectivity index (χ1) is 11.2. The lowest BCUT2D eigenvalue weighted by molar-refractivity contribution is 0.0886. The highest BCUT2D eigenvalue weighted by molar-refractivity contribution is 7.13. The van der Waals surface area contributed by atoms with Gasteiger partial charge in [-0.3, -0.25) is 4.79 Å². The molecule has 1 heterocycles. The van der Waals surface area contributed by atoms with E-state index in [0.29, 0.717) is 23.5 Å². The van der Waals surface area contributed by atoms with Crippen LogP contribution in [0.25, 0.3) is 0 Å². The van der Waals surface area contributed by atoms with E-state index in [1.807, 2.05) is 27.7 Å². The van der Waals surface area contributed by atoms with Gasteiger partial charge in [-0.25, -0.2) is 9.37 Å². The number of hydrogen-bond donors (Lipinski definition) is 2. The fourth-order valence-electron chi connectivity index (χ4n) is 2.26. The summed E-state index contributed by atoms with van der Waals surface area (Å²) in [5.74, 6) is -0.181. The summed E-state index contributed by atoms with van der Waals surface area (Å²) < 4.78 is 13.0. The Balaban J connectivity index is 0.00000312. The Morgan fingerprint density at radius 2 is 1.88 bits per heavy atom. The van der Waals surface area contributed by atoms with Crippen molar-refractivity contribution in [3.05, 3.63) is 51.2 Å². The number of hydrogen-bond acceptors (Lipinski definition) is 4. The number of nitrogens with zero attached hydrogens (tertiary/aromatic N) is 1. The standard InChI is InChI=1S/C18H24FN3OS.2ClH/c1-11(2)18(4,10-20)22-17(23)16-12(3)21-15(24-16)9-13-5-7-14(19)8-6-13;;/h5-8,11H,9-10,20H2,1-4H3,(H,22,23);2*1H. The Bertz CT molecular complexity index is 722. The van der Waals surface area contributed by atoms with Gasteiger partial charge in [-0.15, -0.1) is 36.2 Å². The maximum absolute atomic E-state index is 13.0. The van der Waals surface area contributed by atoms with Crippen molar-refractivity contribution >= 4 is 42.1 Å². The Labute approximate surface area is 170 Å². The lowest BCUT2D eigenvalue weighted by atomic mass is 9.88. The molecule has 1 aromatic carbocycles. The van der Waals surface area contributed by atoms with Crippen LogP contribution in [0.3, 0.4) is 0 Å². The Morgan fingerprint density at radius 3 is 2.38 bits per heavy atom. The minimum absolute atomic E-state index is 0. The molecule has 0 radical (unpaired) electrons. The van der Waals surface area contributed by atoms with Crippen molar-refractivity contribution in [3.63, 3.8) is 0 Å². The second-order valence-electron chi connectivity index (χ2n) is 6.56. The van der Waals surface area contributed by atoms with Crippen LogP contribution >= 0.6 is 36.2 Å². The molecule has 3 N–H and O–H groups in total. The molecule has 0 spiro atoms. The van der Waals surface area contributed by atoms with Crippen molar-refractivity contribution in [1.82, 2.24) is 10.3 Å². The average molecular weight is 422 g/mol. The number of benzene rings is 1. The van der Waals surface area contributed by atoms with Gasteiger partial charge in [-0.05, 0) is 37.5 Å². The van der Waals surface area contributed by atoms with Gasteiger partial charge < -0.3 is 11.1 Å². The third-order valence-electron chi connectivity index (χ3n) is 4.41. The molecule has 8 heteroatoms. The summed E-state index contributed by atoms with van der Waals surface area (Å²) in [6.07, 6.45) is 0.581. The SMILES string of the molecule is Cc1nc(Cc2ccc(F)cc2)sc1C(=O)NC(C)(CN)C(C)C.Cl.Cl. The van der Waals surface area contributed by atoms with Crippen LogP contribution in [0.5, 0.6) is 0 Å². The van der Waals surface area contributed by atoms with Crippen molar-refractivity contribution in [2.45, 2.75) is 39.7 Å². The van der Waals surface area contributed by atoms with E-state index in [-0.39, 0.29) is 42.5 Å². The van der Waals surface area contributed by atoms with E-state index in [2.05, 4.69) is 10.3 Å². The fraction of sp³-hybridized carbons (Fsp3) is 0.444. The van der Waals surface area contributed by atoms with E-state index in [9.17, 15) is 9.18 Å². The van der Waals surface area contributed by atoms with Gasteiger partial charge in [0, 0.05) is 13.0 Å². The number of carbonyl (C=O) groups is 1. The number of amides is 1. The highest BCUT2D eigenvalue weighted by atomic mass is 35.5. The van der Waals surface area contributed by atoms with Gasteiger partial charge in [-0.2, -0.15) is 0 Å². The molecule has 2 aromatic rings. The number of aromatic nitrogens is 1. The molecule has 0 aliphatic rings. The highest BCUT2D eigenvalue weighted by Gasteiger charge is 2.30. The lowest BCUT2D eigenvalue weighted by Crippen LogP contribution is -2.54. The fourth-order valence-corrected chi connectivity index (χ4v) is 3.26. The summed E-state index contributed by atoms with van der Waals surface area (Å²) in [4.78, 5) is 17.7. The van der Waals surface area contributed by atoms with Crippen LogP contribution in [-0.2, 0) is 6.42 Å². The molecule has 1 amide bonds. The van der Waals surface area contributed by atoms with Crippen molar-refractivity contribution in [2.24, 2.45) is 11.7 Å². The van der Waals surface area contributed by atoms with Gasteiger partial charge in [0.1, 0.15) is 10.7 Å². The number of carbonyl (C=O) groups excluding carboxylic acids is 1.